The van der Waals surface area contributed by atoms with E-state index in [1.54, 1.807) is 25.3 Å². The quantitative estimate of drug-likeness (QED) is 0.471. The largest absolute Gasteiger partial charge is 0.497 e. The second kappa shape index (κ2) is 7.71. The highest BCUT2D eigenvalue weighted by Gasteiger charge is 2.16. The third-order valence-corrected chi connectivity index (χ3v) is 4.44. The van der Waals surface area contributed by atoms with Crippen molar-refractivity contribution in [1.29, 1.82) is 0 Å². The Morgan fingerprint density at radius 2 is 1.83 bits per heavy atom. The number of aryl methyl sites for hydroxylation is 2. The first-order valence-corrected chi connectivity index (χ1v) is 9.05. The van der Waals surface area contributed by atoms with Crippen LogP contribution >= 0.6 is 0 Å². The first-order chi connectivity index (χ1) is 14.0. The van der Waals surface area contributed by atoms with Gasteiger partial charge in [-0.1, -0.05) is 11.6 Å². The Bertz CT molecular complexity index is 1180. The van der Waals surface area contributed by atoms with Gasteiger partial charge in [0.25, 0.3) is 5.89 Å². The Labute approximate surface area is 167 Å². The molecule has 29 heavy (non-hydrogen) atoms. The zero-order valence-electron chi connectivity index (χ0n) is 16.3. The summed E-state index contributed by atoms with van der Waals surface area (Å²) in [6.07, 6.45) is 0. The second-order valence-corrected chi connectivity index (χ2v) is 6.64. The van der Waals surface area contributed by atoms with E-state index in [4.69, 9.17) is 13.9 Å². The van der Waals surface area contributed by atoms with Crippen LogP contribution in [0.3, 0.4) is 0 Å². The maximum absolute atomic E-state index is 12.7. The molecule has 2 heterocycles. The first-order valence-electron chi connectivity index (χ1n) is 9.05. The molecule has 4 aromatic rings. The highest BCUT2D eigenvalue weighted by Crippen LogP contribution is 2.23. The van der Waals surface area contributed by atoms with E-state index in [9.17, 15) is 4.79 Å². The predicted octanol–water partition coefficient (Wildman–Crippen LogP) is 4.27. The van der Waals surface area contributed by atoms with Crippen molar-refractivity contribution in [3.8, 4) is 17.2 Å². The molecule has 0 aliphatic rings. The van der Waals surface area contributed by atoms with Crippen LogP contribution in [-0.2, 0) is 11.3 Å². The maximum Gasteiger partial charge on any atom is 0.339 e. The number of aromatic nitrogens is 3. The molecule has 0 spiro atoms. The number of hydrogen-bond acceptors (Lipinski definition) is 7. The fourth-order valence-corrected chi connectivity index (χ4v) is 3.01. The number of pyridine rings is 1. The van der Waals surface area contributed by atoms with Crippen LogP contribution in [0.25, 0.3) is 22.4 Å². The zero-order valence-corrected chi connectivity index (χ0v) is 16.3. The Balaban J connectivity index is 1.51. The van der Waals surface area contributed by atoms with Crippen LogP contribution in [0.4, 0.5) is 0 Å². The summed E-state index contributed by atoms with van der Waals surface area (Å²) in [5.74, 6) is 0.836. The average molecular weight is 389 g/mol. The molecule has 0 N–H and O–H groups in total. The first kappa shape index (κ1) is 18.6. The van der Waals surface area contributed by atoms with Crippen molar-refractivity contribution in [1.82, 2.24) is 15.2 Å². The van der Waals surface area contributed by atoms with Crippen molar-refractivity contribution >= 4 is 16.9 Å². The molecular formula is C22H19N3O4. The van der Waals surface area contributed by atoms with E-state index < -0.39 is 5.97 Å². The fourth-order valence-electron chi connectivity index (χ4n) is 3.01. The average Bonchev–Trinajstić information content (AvgIpc) is 3.21. The molecule has 0 atom stereocenters. The Morgan fingerprint density at radius 3 is 2.59 bits per heavy atom. The summed E-state index contributed by atoms with van der Waals surface area (Å²) in [5.41, 5.74) is 3.75. The molecule has 0 aliphatic carbocycles. The van der Waals surface area contributed by atoms with Crippen molar-refractivity contribution in [2.45, 2.75) is 20.5 Å². The topological polar surface area (TPSA) is 87.3 Å². The third kappa shape index (κ3) is 3.94. The van der Waals surface area contributed by atoms with E-state index >= 15 is 0 Å². The van der Waals surface area contributed by atoms with Gasteiger partial charge in [0.1, 0.15) is 5.75 Å². The van der Waals surface area contributed by atoms with Crippen LogP contribution < -0.4 is 4.74 Å². The summed E-state index contributed by atoms with van der Waals surface area (Å²) < 4.78 is 16.2. The summed E-state index contributed by atoms with van der Waals surface area (Å²) in [4.78, 5) is 17.2. The normalized spacial score (nSPS) is 10.9. The molecule has 7 heteroatoms. The molecule has 4 rings (SSSR count). The molecule has 0 bridgehead atoms. The number of carbonyl (C=O) groups is 1. The van der Waals surface area contributed by atoms with Gasteiger partial charge >= 0.3 is 5.97 Å². The SMILES string of the molecule is COc1ccc(-c2nnc(COC(=O)c3cc(C)nc4ccc(C)cc34)o2)cc1. The minimum Gasteiger partial charge on any atom is -0.497 e. The highest BCUT2D eigenvalue weighted by molar-refractivity contribution is 6.03. The molecule has 0 saturated heterocycles. The van der Waals surface area contributed by atoms with Gasteiger partial charge in [0.2, 0.25) is 5.89 Å². The smallest absolute Gasteiger partial charge is 0.339 e. The van der Waals surface area contributed by atoms with Crippen LogP contribution in [0.5, 0.6) is 5.75 Å². The van der Waals surface area contributed by atoms with Crippen LogP contribution in [0, 0.1) is 13.8 Å². The lowest BCUT2D eigenvalue weighted by Gasteiger charge is -2.08. The number of carbonyl (C=O) groups excluding carboxylic acids is 1. The number of benzene rings is 2. The second-order valence-electron chi connectivity index (χ2n) is 6.64. The fraction of sp³-hybridized carbons (Fsp3) is 0.182. The summed E-state index contributed by atoms with van der Waals surface area (Å²) in [7, 11) is 1.60. The summed E-state index contributed by atoms with van der Waals surface area (Å²) >= 11 is 0. The van der Waals surface area contributed by atoms with Crippen molar-refractivity contribution in [3.05, 3.63) is 71.2 Å². The van der Waals surface area contributed by atoms with Crippen LogP contribution in [-0.4, -0.2) is 28.3 Å². The Kier molecular flexibility index (Phi) is 4.95. The number of rotatable bonds is 5. The van der Waals surface area contributed by atoms with Crippen molar-refractivity contribution < 1.29 is 18.7 Å². The highest BCUT2D eigenvalue weighted by atomic mass is 16.5. The molecule has 0 amide bonds. The van der Waals surface area contributed by atoms with Gasteiger partial charge in [-0.25, -0.2) is 4.79 Å². The molecule has 2 aromatic heterocycles. The van der Waals surface area contributed by atoms with E-state index in [0.29, 0.717) is 11.5 Å². The minimum absolute atomic E-state index is 0.114. The number of methoxy groups -OCH3 is 1. The van der Waals surface area contributed by atoms with Crippen molar-refractivity contribution in [3.63, 3.8) is 0 Å². The van der Waals surface area contributed by atoms with Gasteiger partial charge in [-0.2, -0.15) is 0 Å². The van der Waals surface area contributed by atoms with Gasteiger partial charge < -0.3 is 13.9 Å². The predicted molar refractivity (Wildman–Crippen MR) is 107 cm³/mol. The minimum atomic E-state index is -0.463. The van der Waals surface area contributed by atoms with Gasteiger partial charge in [0.15, 0.2) is 6.61 Å². The van der Waals surface area contributed by atoms with Crippen LogP contribution in [0.15, 0.2) is 52.9 Å². The van der Waals surface area contributed by atoms with Gasteiger partial charge in [0, 0.05) is 16.6 Å². The molecule has 0 saturated carbocycles. The molecule has 0 radical (unpaired) electrons. The number of ether oxygens (including phenoxy) is 2. The third-order valence-electron chi connectivity index (χ3n) is 4.44. The molecule has 146 valence electrons. The van der Waals surface area contributed by atoms with E-state index in [1.807, 2.05) is 44.2 Å². The van der Waals surface area contributed by atoms with Gasteiger partial charge in [-0.3, -0.25) is 4.98 Å². The van der Waals surface area contributed by atoms with E-state index in [0.717, 1.165) is 33.5 Å². The molecule has 2 aromatic carbocycles. The lowest BCUT2D eigenvalue weighted by atomic mass is 10.1. The lowest BCUT2D eigenvalue weighted by molar-refractivity contribution is 0.0441. The van der Waals surface area contributed by atoms with Crippen molar-refractivity contribution in [2.24, 2.45) is 0 Å². The Hall–Kier alpha value is -3.74. The monoisotopic (exact) mass is 389 g/mol. The lowest BCUT2D eigenvalue weighted by Crippen LogP contribution is -2.07. The molecule has 7 nitrogen and oxygen atoms in total. The molecule has 0 unspecified atom stereocenters. The van der Waals surface area contributed by atoms with Crippen LogP contribution in [0.2, 0.25) is 0 Å². The maximum atomic E-state index is 12.7. The Morgan fingerprint density at radius 1 is 1.03 bits per heavy atom. The van der Waals surface area contributed by atoms with Gasteiger partial charge in [0.05, 0.1) is 18.2 Å². The van der Waals surface area contributed by atoms with Crippen molar-refractivity contribution in [2.75, 3.05) is 7.11 Å². The number of esters is 1. The summed E-state index contributed by atoms with van der Waals surface area (Å²) in [6.45, 7) is 3.69. The van der Waals surface area contributed by atoms with Gasteiger partial charge in [-0.15, -0.1) is 10.2 Å². The van der Waals surface area contributed by atoms with E-state index in [1.165, 1.54) is 0 Å². The summed E-state index contributed by atoms with van der Waals surface area (Å²) in [6, 6.07) is 14.7. The number of fused-ring (bicyclic) bond motifs is 1. The van der Waals surface area contributed by atoms with E-state index in [-0.39, 0.29) is 12.5 Å². The molecule has 0 fully saturated rings. The molecule has 0 aliphatic heterocycles. The number of hydrogen-bond donors (Lipinski definition) is 0. The van der Waals surface area contributed by atoms with E-state index in [2.05, 4.69) is 15.2 Å². The zero-order chi connectivity index (χ0) is 20.4. The molecular weight excluding hydrogens is 370 g/mol. The summed E-state index contributed by atoms with van der Waals surface area (Å²) in [5, 5.41) is 8.72. The standard InChI is InChI=1S/C22H19N3O4/c1-13-4-9-19-17(10-13)18(11-14(2)23-19)22(26)28-12-20-24-25-21(29-20)15-5-7-16(27-3)8-6-15/h4-11H,12H2,1-3H3. The van der Waals surface area contributed by atoms with Crippen LogP contribution in [0.1, 0.15) is 27.5 Å². The number of nitrogens with zero attached hydrogens (tertiary/aromatic N) is 3. The van der Waals surface area contributed by atoms with Gasteiger partial charge in [-0.05, 0) is 56.3 Å².